The lowest BCUT2D eigenvalue weighted by atomic mass is 9.90. The van der Waals surface area contributed by atoms with Gasteiger partial charge in [0.15, 0.2) is 0 Å². The van der Waals surface area contributed by atoms with E-state index in [1.54, 1.807) is 12.3 Å². The number of rotatable bonds is 5. The van der Waals surface area contributed by atoms with Gasteiger partial charge < -0.3 is 9.80 Å². The van der Waals surface area contributed by atoms with Crippen LogP contribution in [0.1, 0.15) is 30.1 Å². The van der Waals surface area contributed by atoms with Crippen molar-refractivity contribution in [3.63, 3.8) is 0 Å². The van der Waals surface area contributed by atoms with Crippen molar-refractivity contribution in [2.75, 3.05) is 32.1 Å². The Hall–Kier alpha value is -2.07. The number of likely N-dealkylation sites (tertiary alicyclic amines) is 1. The topological polar surface area (TPSA) is 36.4 Å². The molecule has 0 unspecified atom stereocenters. The zero-order chi connectivity index (χ0) is 18.4. The fraction of sp³-hybridized carbons (Fsp3) is 0.400. The zero-order valence-corrected chi connectivity index (χ0v) is 16.0. The normalized spacial score (nSPS) is 18.5. The van der Waals surface area contributed by atoms with E-state index < -0.39 is 0 Å². The van der Waals surface area contributed by atoms with Crippen LogP contribution in [0, 0.1) is 5.92 Å². The number of aromatic nitrogens is 1. The van der Waals surface area contributed by atoms with E-state index in [2.05, 4.69) is 11.6 Å². The molecule has 1 fully saturated rings. The van der Waals surface area contributed by atoms with Crippen molar-refractivity contribution < 1.29 is 4.79 Å². The number of nitrogens with zero attached hydrogens (tertiary/aromatic N) is 3. The molecule has 5 heteroatoms. The van der Waals surface area contributed by atoms with Crippen LogP contribution in [0.25, 0.3) is 0 Å². The van der Waals surface area contributed by atoms with Gasteiger partial charge in [-0.1, -0.05) is 35.9 Å². The fourth-order valence-electron chi connectivity index (χ4n) is 2.86. The number of amides is 1. The van der Waals surface area contributed by atoms with E-state index in [0.717, 1.165) is 30.8 Å². The Bertz CT molecular complexity index is 694. The third-order valence-corrected chi connectivity index (χ3v) is 4.76. The third kappa shape index (κ3) is 5.20. The monoisotopic (exact) mass is 359 g/mol. The first kappa shape index (κ1) is 19.3. The molecule has 0 aromatic carbocycles. The van der Waals surface area contributed by atoms with Gasteiger partial charge in [-0.25, -0.2) is 4.98 Å². The van der Waals surface area contributed by atoms with Crippen LogP contribution in [-0.4, -0.2) is 43.0 Å². The van der Waals surface area contributed by atoms with Gasteiger partial charge in [0.25, 0.3) is 5.91 Å². The molecule has 134 valence electrons. The van der Waals surface area contributed by atoms with Crippen LogP contribution in [0.2, 0.25) is 0 Å². The summed E-state index contributed by atoms with van der Waals surface area (Å²) < 4.78 is 0. The summed E-state index contributed by atoms with van der Waals surface area (Å²) >= 11 is 6.01. The van der Waals surface area contributed by atoms with Crippen LogP contribution in [0.5, 0.6) is 0 Å². The summed E-state index contributed by atoms with van der Waals surface area (Å²) in [6.07, 6.45) is 9.36. The molecule has 0 bridgehead atoms. The number of anilines is 1. The molecule has 0 radical (unpaired) electrons. The summed E-state index contributed by atoms with van der Waals surface area (Å²) in [6.45, 7) is 7.53. The maximum absolute atomic E-state index is 12.9. The van der Waals surface area contributed by atoms with E-state index in [-0.39, 0.29) is 11.8 Å². The van der Waals surface area contributed by atoms with Crippen molar-refractivity contribution in [2.24, 2.45) is 5.92 Å². The molecule has 0 spiro atoms. The highest BCUT2D eigenvalue weighted by molar-refractivity contribution is 6.31. The van der Waals surface area contributed by atoms with E-state index in [0.29, 0.717) is 17.1 Å². The average molecular weight is 360 g/mol. The Morgan fingerprint density at radius 1 is 1.44 bits per heavy atom. The average Bonchev–Trinajstić information content (AvgIpc) is 2.65. The Morgan fingerprint density at radius 2 is 2.20 bits per heavy atom. The molecule has 2 rings (SSSR count). The Morgan fingerprint density at radius 3 is 2.88 bits per heavy atom. The molecule has 0 N–H and O–H groups in total. The number of hydrogen-bond acceptors (Lipinski definition) is 3. The number of carbonyl (C=O) groups excluding carboxylic acids is 1. The minimum Gasteiger partial charge on any atom is -0.363 e. The maximum atomic E-state index is 12.9. The number of pyridine rings is 1. The van der Waals surface area contributed by atoms with Crippen LogP contribution in [-0.2, 0) is 0 Å². The number of halogens is 1. The van der Waals surface area contributed by atoms with E-state index in [1.807, 2.05) is 55.1 Å². The summed E-state index contributed by atoms with van der Waals surface area (Å²) in [5, 5.41) is 0.692. The fourth-order valence-corrected chi connectivity index (χ4v) is 2.92. The molecular weight excluding hydrogens is 334 g/mol. The minimum absolute atomic E-state index is 0.0541. The molecule has 1 saturated heterocycles. The van der Waals surface area contributed by atoms with Crippen molar-refractivity contribution in [1.29, 1.82) is 0 Å². The van der Waals surface area contributed by atoms with E-state index in [4.69, 9.17) is 11.6 Å². The summed E-state index contributed by atoms with van der Waals surface area (Å²) in [7, 11) is 3.83. The quantitative estimate of drug-likeness (QED) is 0.737. The highest BCUT2D eigenvalue weighted by Gasteiger charge is 2.25. The largest absolute Gasteiger partial charge is 0.363 e. The Kier molecular flexibility index (Phi) is 6.82. The molecule has 0 aliphatic carbocycles. The molecule has 1 aliphatic rings. The molecular formula is C20H26ClN3O. The highest BCUT2D eigenvalue weighted by Crippen LogP contribution is 2.25. The van der Waals surface area contributed by atoms with Crippen molar-refractivity contribution >= 4 is 23.3 Å². The molecule has 25 heavy (non-hydrogen) atoms. The van der Waals surface area contributed by atoms with Gasteiger partial charge in [-0.2, -0.15) is 0 Å². The lowest BCUT2D eigenvalue weighted by molar-refractivity contribution is 0.0692. The second kappa shape index (κ2) is 8.86. The number of hydrogen-bond donors (Lipinski definition) is 0. The number of allylic oxidation sites excluding steroid dienone is 4. The predicted molar refractivity (Wildman–Crippen MR) is 105 cm³/mol. The number of piperidine rings is 1. The molecule has 1 atom stereocenters. The third-order valence-electron chi connectivity index (χ3n) is 4.42. The van der Waals surface area contributed by atoms with E-state index in [1.165, 1.54) is 0 Å². The van der Waals surface area contributed by atoms with Gasteiger partial charge in [0, 0.05) is 49.9 Å². The van der Waals surface area contributed by atoms with Crippen LogP contribution in [0.3, 0.4) is 0 Å². The molecule has 1 aliphatic heterocycles. The lowest BCUT2D eigenvalue weighted by Crippen LogP contribution is -2.40. The highest BCUT2D eigenvalue weighted by atomic mass is 35.5. The van der Waals surface area contributed by atoms with E-state index >= 15 is 0 Å². The first-order valence-corrected chi connectivity index (χ1v) is 8.91. The molecule has 1 aromatic rings. The predicted octanol–water partition coefficient (Wildman–Crippen LogP) is 4.25. The standard InChI is InChI=1S/C20H26ClN3O/c1-5-18(21)9-8-15(2)17-7-6-12-24(14-17)20(25)16-10-11-22-19(13-16)23(3)4/h5,8-11,13,17H,2,6-7,12,14H2,1,3-4H3/b9-8-,18-5+/t17-/m0/s1. The smallest absolute Gasteiger partial charge is 0.254 e. The molecule has 2 heterocycles. The molecule has 1 aromatic heterocycles. The van der Waals surface area contributed by atoms with Crippen LogP contribution in [0.15, 0.2) is 53.7 Å². The maximum Gasteiger partial charge on any atom is 0.254 e. The van der Waals surface area contributed by atoms with Crippen molar-refractivity contribution in [1.82, 2.24) is 9.88 Å². The Balaban J connectivity index is 2.07. The SMILES string of the molecule is C=C(/C=C\C(Cl)=C/C)[C@H]1CCCN(C(=O)c2ccnc(N(C)C)c2)C1. The zero-order valence-electron chi connectivity index (χ0n) is 15.2. The van der Waals surface area contributed by atoms with Crippen LogP contribution in [0.4, 0.5) is 5.82 Å². The van der Waals surface area contributed by atoms with Gasteiger partial charge >= 0.3 is 0 Å². The first-order valence-electron chi connectivity index (χ1n) is 8.53. The van der Waals surface area contributed by atoms with E-state index in [9.17, 15) is 4.79 Å². The Labute approximate surface area is 155 Å². The van der Waals surface area contributed by atoms with Crippen LogP contribution < -0.4 is 4.90 Å². The van der Waals surface area contributed by atoms with Crippen molar-refractivity contribution in [3.8, 4) is 0 Å². The second-order valence-corrected chi connectivity index (χ2v) is 6.91. The van der Waals surface area contributed by atoms with Gasteiger partial charge in [0.2, 0.25) is 0 Å². The molecule has 4 nitrogen and oxygen atoms in total. The van der Waals surface area contributed by atoms with Gasteiger partial charge in [-0.3, -0.25) is 4.79 Å². The van der Waals surface area contributed by atoms with Crippen molar-refractivity contribution in [2.45, 2.75) is 19.8 Å². The van der Waals surface area contributed by atoms with Crippen LogP contribution >= 0.6 is 11.6 Å². The summed E-state index contributed by atoms with van der Waals surface area (Å²) in [4.78, 5) is 20.9. The number of carbonyl (C=O) groups is 1. The first-order chi connectivity index (χ1) is 11.9. The van der Waals surface area contributed by atoms with Gasteiger partial charge in [0.1, 0.15) is 5.82 Å². The van der Waals surface area contributed by atoms with Crippen molar-refractivity contribution in [3.05, 3.63) is 59.3 Å². The summed E-state index contributed by atoms with van der Waals surface area (Å²) in [5.74, 6) is 1.11. The second-order valence-electron chi connectivity index (χ2n) is 6.47. The summed E-state index contributed by atoms with van der Waals surface area (Å²) in [5.41, 5.74) is 1.69. The molecule has 1 amide bonds. The van der Waals surface area contributed by atoms with Gasteiger partial charge in [0.05, 0.1) is 0 Å². The minimum atomic E-state index is 0.0541. The lowest BCUT2D eigenvalue weighted by Gasteiger charge is -2.33. The van der Waals surface area contributed by atoms with Gasteiger partial charge in [-0.15, -0.1) is 0 Å². The van der Waals surface area contributed by atoms with Gasteiger partial charge in [-0.05, 0) is 38.0 Å². The summed E-state index contributed by atoms with van der Waals surface area (Å²) in [6, 6.07) is 3.62. The molecule has 0 saturated carbocycles.